The molecule has 4 heteroatoms. The van der Waals surface area contributed by atoms with Gasteiger partial charge >= 0.3 is 0 Å². The van der Waals surface area contributed by atoms with Crippen LogP contribution in [0.15, 0.2) is 120 Å². The highest BCUT2D eigenvalue weighted by atomic mass is 28.4. The van der Waals surface area contributed by atoms with Crippen molar-refractivity contribution < 1.29 is 8.85 Å². The molecule has 1 fully saturated rings. The van der Waals surface area contributed by atoms with E-state index in [9.17, 15) is 0 Å². The van der Waals surface area contributed by atoms with Gasteiger partial charge in [-0.15, -0.1) is 0 Å². The topological polar surface area (TPSA) is 18.5 Å². The van der Waals surface area contributed by atoms with Gasteiger partial charge in [0.2, 0.25) is 8.32 Å². The Labute approximate surface area is 230 Å². The first-order chi connectivity index (χ1) is 18.1. The molecule has 0 spiro atoms. The van der Waals surface area contributed by atoms with Crippen molar-refractivity contribution in [2.75, 3.05) is 0 Å². The molecule has 5 rings (SSSR count). The largest absolute Gasteiger partial charge is 0.408 e. The van der Waals surface area contributed by atoms with Gasteiger partial charge < -0.3 is 8.85 Å². The van der Waals surface area contributed by atoms with Crippen LogP contribution in [0.4, 0.5) is 0 Å². The lowest BCUT2D eigenvalue weighted by molar-refractivity contribution is 0.0260. The maximum Gasteiger partial charge on any atom is 0.219 e. The van der Waals surface area contributed by atoms with Crippen molar-refractivity contribution in [1.29, 1.82) is 0 Å². The van der Waals surface area contributed by atoms with Gasteiger partial charge in [-0.25, -0.2) is 0 Å². The second kappa shape index (κ2) is 10.3. The molecule has 4 aromatic carbocycles. The fraction of sp³-hybridized carbons (Fsp3) is 0.235. The SMILES string of the molecule is Cc1ccc(/C(=C2/C(O[Si](C)(C)C)C(c3ccccc3)(c3ccccc3)O[Si]2(C)C)c2ccccc2)cc1. The molecule has 0 bridgehead atoms. The van der Waals surface area contributed by atoms with Crippen LogP contribution in [0.3, 0.4) is 0 Å². The van der Waals surface area contributed by atoms with Crippen molar-refractivity contribution in [3.05, 3.63) is 148 Å². The number of aryl methyl sites for hydroxylation is 1. The summed E-state index contributed by atoms with van der Waals surface area (Å²) in [6, 6.07) is 41.1. The highest BCUT2D eigenvalue weighted by Crippen LogP contribution is 2.54. The molecule has 0 amide bonds. The van der Waals surface area contributed by atoms with E-state index in [1.54, 1.807) is 0 Å². The third-order valence-electron chi connectivity index (χ3n) is 7.24. The van der Waals surface area contributed by atoms with Crippen LogP contribution in [-0.2, 0) is 14.5 Å². The summed E-state index contributed by atoms with van der Waals surface area (Å²) < 4.78 is 14.8. The van der Waals surface area contributed by atoms with E-state index in [1.165, 1.54) is 27.5 Å². The van der Waals surface area contributed by atoms with Crippen LogP contribution in [0.1, 0.15) is 27.8 Å². The van der Waals surface area contributed by atoms with Gasteiger partial charge in [0, 0.05) is 0 Å². The standard InChI is InChI=1S/C34H38O2Si2/c1-26-22-24-28(25-23-26)31(27-16-10-7-11-17-27)32-33(35-37(2,3)4)34(36-38(32,5)6,29-18-12-8-13-19-29)30-20-14-9-15-21-30/h7-25,33H,1-6H3/b32-31-. The molecule has 1 aliphatic rings. The summed E-state index contributed by atoms with van der Waals surface area (Å²) in [6.45, 7) is 13.7. The molecule has 1 aliphatic heterocycles. The van der Waals surface area contributed by atoms with E-state index in [-0.39, 0.29) is 6.10 Å². The Morgan fingerprint density at radius 2 is 1.13 bits per heavy atom. The van der Waals surface area contributed by atoms with Gasteiger partial charge in [-0.3, -0.25) is 0 Å². The van der Waals surface area contributed by atoms with Crippen LogP contribution in [0, 0.1) is 6.92 Å². The van der Waals surface area contributed by atoms with E-state index in [1.807, 2.05) is 0 Å². The molecule has 1 heterocycles. The van der Waals surface area contributed by atoms with Gasteiger partial charge in [0.1, 0.15) is 11.7 Å². The molecule has 194 valence electrons. The monoisotopic (exact) mass is 534 g/mol. The second-order valence-corrected chi connectivity index (χ2v) is 19.9. The lowest BCUT2D eigenvalue weighted by Gasteiger charge is -2.40. The average molecular weight is 535 g/mol. The predicted octanol–water partition coefficient (Wildman–Crippen LogP) is 8.74. The number of rotatable bonds is 6. The number of hydrogen-bond acceptors (Lipinski definition) is 2. The number of hydrogen-bond donors (Lipinski definition) is 0. The summed E-state index contributed by atoms with van der Waals surface area (Å²) in [5, 5.41) is 1.32. The first-order valence-electron chi connectivity index (χ1n) is 13.5. The summed E-state index contributed by atoms with van der Waals surface area (Å²) >= 11 is 0. The van der Waals surface area contributed by atoms with Crippen LogP contribution in [0.2, 0.25) is 32.7 Å². The predicted molar refractivity (Wildman–Crippen MR) is 164 cm³/mol. The van der Waals surface area contributed by atoms with Gasteiger partial charge in [-0.05, 0) is 72.7 Å². The van der Waals surface area contributed by atoms with Crippen LogP contribution >= 0.6 is 0 Å². The van der Waals surface area contributed by atoms with Crippen LogP contribution < -0.4 is 0 Å². The third-order valence-corrected chi connectivity index (χ3v) is 10.8. The van der Waals surface area contributed by atoms with Crippen LogP contribution in [0.25, 0.3) is 5.57 Å². The van der Waals surface area contributed by atoms with Gasteiger partial charge in [-0.1, -0.05) is 121 Å². The molecule has 0 N–H and O–H groups in total. The van der Waals surface area contributed by atoms with E-state index in [2.05, 4.69) is 155 Å². The Bertz CT molecular complexity index is 1370. The second-order valence-electron chi connectivity index (χ2n) is 11.7. The molecule has 0 aliphatic carbocycles. The minimum absolute atomic E-state index is 0.253. The lowest BCUT2D eigenvalue weighted by atomic mass is 9.80. The Balaban J connectivity index is 1.91. The molecule has 0 aromatic heterocycles. The Morgan fingerprint density at radius 1 is 0.684 bits per heavy atom. The van der Waals surface area contributed by atoms with E-state index < -0.39 is 22.2 Å². The highest BCUT2D eigenvalue weighted by molar-refractivity contribution is 6.81. The molecular formula is C34H38O2Si2. The van der Waals surface area contributed by atoms with Crippen molar-refractivity contribution in [3.63, 3.8) is 0 Å². The first kappa shape index (κ1) is 26.6. The Hall–Kier alpha value is -3.03. The maximum atomic E-state index is 7.51. The number of benzene rings is 4. The molecule has 2 nitrogen and oxygen atoms in total. The molecule has 1 saturated heterocycles. The normalized spacial score (nSPS) is 19.8. The van der Waals surface area contributed by atoms with Crippen molar-refractivity contribution in [2.45, 2.75) is 51.4 Å². The van der Waals surface area contributed by atoms with Crippen molar-refractivity contribution >= 4 is 22.2 Å². The van der Waals surface area contributed by atoms with Gasteiger partial charge in [-0.2, -0.15) is 0 Å². The zero-order chi connectivity index (χ0) is 27.0. The molecule has 4 aromatic rings. The van der Waals surface area contributed by atoms with Crippen LogP contribution in [0.5, 0.6) is 0 Å². The summed E-state index contributed by atoms with van der Waals surface area (Å²) in [5.74, 6) is 0. The summed E-state index contributed by atoms with van der Waals surface area (Å²) in [4.78, 5) is 0. The smallest absolute Gasteiger partial charge is 0.219 e. The van der Waals surface area contributed by atoms with Crippen molar-refractivity contribution in [1.82, 2.24) is 0 Å². The average Bonchev–Trinajstić information content (AvgIpc) is 3.13. The van der Waals surface area contributed by atoms with Gasteiger partial charge in [0.25, 0.3) is 0 Å². The third kappa shape index (κ3) is 5.02. The quantitative estimate of drug-likeness (QED) is 0.230. The fourth-order valence-electron chi connectivity index (χ4n) is 5.72. The van der Waals surface area contributed by atoms with Crippen LogP contribution in [-0.4, -0.2) is 22.7 Å². The Kier molecular flexibility index (Phi) is 7.18. The molecule has 1 unspecified atom stereocenters. The van der Waals surface area contributed by atoms with Gasteiger partial charge in [0.15, 0.2) is 8.32 Å². The lowest BCUT2D eigenvalue weighted by Crippen LogP contribution is -2.45. The summed E-state index contributed by atoms with van der Waals surface area (Å²) in [6.07, 6.45) is -0.253. The molecule has 1 atom stereocenters. The molecule has 0 radical (unpaired) electrons. The van der Waals surface area contributed by atoms with E-state index in [4.69, 9.17) is 8.85 Å². The van der Waals surface area contributed by atoms with E-state index in [0.29, 0.717) is 0 Å². The molecule has 0 saturated carbocycles. The van der Waals surface area contributed by atoms with Crippen molar-refractivity contribution in [3.8, 4) is 0 Å². The molecular weight excluding hydrogens is 497 g/mol. The fourth-order valence-corrected chi connectivity index (χ4v) is 9.87. The first-order valence-corrected chi connectivity index (χ1v) is 19.8. The highest BCUT2D eigenvalue weighted by Gasteiger charge is 2.60. The van der Waals surface area contributed by atoms with E-state index >= 15 is 0 Å². The maximum absolute atomic E-state index is 7.51. The van der Waals surface area contributed by atoms with Gasteiger partial charge in [0.05, 0.1) is 0 Å². The Morgan fingerprint density at radius 3 is 1.61 bits per heavy atom. The zero-order valence-corrected chi connectivity index (χ0v) is 25.4. The van der Waals surface area contributed by atoms with Crippen molar-refractivity contribution in [2.24, 2.45) is 0 Å². The summed E-state index contributed by atoms with van der Waals surface area (Å²) in [7, 11) is -4.53. The minimum Gasteiger partial charge on any atom is -0.408 e. The summed E-state index contributed by atoms with van der Waals surface area (Å²) in [5.41, 5.74) is 6.46. The minimum atomic E-state index is -2.50. The van der Waals surface area contributed by atoms with E-state index in [0.717, 1.165) is 11.1 Å². The molecule has 38 heavy (non-hydrogen) atoms. The zero-order valence-electron chi connectivity index (χ0n) is 23.4.